The molecule has 0 saturated heterocycles. The number of carbonyl (C=O) groups excluding carboxylic acids is 2. The van der Waals surface area contributed by atoms with E-state index in [-0.39, 0.29) is 6.42 Å². The van der Waals surface area contributed by atoms with Gasteiger partial charge in [0, 0.05) is 6.08 Å². The van der Waals surface area contributed by atoms with Crippen molar-refractivity contribution in [2.45, 2.75) is 76.8 Å². The summed E-state index contributed by atoms with van der Waals surface area (Å²) in [5, 5.41) is 20.3. The summed E-state index contributed by atoms with van der Waals surface area (Å²) >= 11 is 0. The maximum Gasteiger partial charge on any atom is 0.347 e. The molecule has 26 heavy (non-hydrogen) atoms. The summed E-state index contributed by atoms with van der Waals surface area (Å²) in [6.07, 6.45) is 8.95. The van der Waals surface area contributed by atoms with E-state index in [1.165, 1.54) is 18.2 Å². The van der Waals surface area contributed by atoms with Gasteiger partial charge in [-0.15, -0.1) is 0 Å². The van der Waals surface area contributed by atoms with Gasteiger partial charge < -0.3 is 19.7 Å². The molecule has 0 aliphatic carbocycles. The van der Waals surface area contributed by atoms with Gasteiger partial charge in [0.1, 0.15) is 18.3 Å². The van der Waals surface area contributed by atoms with Gasteiger partial charge in [0.2, 0.25) is 0 Å². The number of aliphatic hydroxyl groups excluding tert-OH is 2. The van der Waals surface area contributed by atoms with Crippen LogP contribution in [0.15, 0.2) is 36.5 Å². The van der Waals surface area contributed by atoms with Gasteiger partial charge >= 0.3 is 11.9 Å². The Morgan fingerprint density at radius 2 is 2.12 bits per heavy atom. The van der Waals surface area contributed by atoms with Crippen molar-refractivity contribution in [3.8, 4) is 0 Å². The van der Waals surface area contributed by atoms with Gasteiger partial charge in [0.25, 0.3) is 0 Å². The van der Waals surface area contributed by atoms with Crippen LogP contribution in [0.5, 0.6) is 0 Å². The van der Waals surface area contributed by atoms with Gasteiger partial charge in [0.05, 0.1) is 0 Å². The second-order valence-electron chi connectivity index (χ2n) is 6.27. The van der Waals surface area contributed by atoms with Crippen molar-refractivity contribution in [3.63, 3.8) is 0 Å². The zero-order chi connectivity index (χ0) is 19.4. The van der Waals surface area contributed by atoms with Crippen LogP contribution in [0.25, 0.3) is 0 Å². The van der Waals surface area contributed by atoms with Gasteiger partial charge in [-0.1, -0.05) is 50.1 Å². The minimum absolute atomic E-state index is 0.253. The minimum atomic E-state index is -1.21. The molecule has 0 radical (unpaired) electrons. The second kappa shape index (κ2) is 12.4. The summed E-state index contributed by atoms with van der Waals surface area (Å²) in [4.78, 5) is 24.3. The Morgan fingerprint density at radius 3 is 2.81 bits per heavy atom. The molecule has 146 valence electrons. The third kappa shape index (κ3) is 7.97. The first-order chi connectivity index (χ1) is 12.5. The van der Waals surface area contributed by atoms with E-state index in [0.717, 1.165) is 19.3 Å². The Labute approximate surface area is 155 Å². The monoisotopic (exact) mass is 366 g/mol. The molecule has 6 heteroatoms. The van der Waals surface area contributed by atoms with Gasteiger partial charge in [-0.3, -0.25) is 0 Å². The molecular weight excluding hydrogens is 336 g/mol. The molecule has 1 heterocycles. The highest BCUT2D eigenvalue weighted by Gasteiger charge is 2.32. The zero-order valence-corrected chi connectivity index (χ0v) is 15.5. The molecule has 4 atom stereocenters. The van der Waals surface area contributed by atoms with Crippen LogP contribution < -0.4 is 0 Å². The Hall–Kier alpha value is -1.92. The molecule has 0 aromatic rings. The van der Waals surface area contributed by atoms with Gasteiger partial charge in [-0.05, 0) is 32.6 Å². The van der Waals surface area contributed by atoms with Crippen molar-refractivity contribution in [2.75, 3.05) is 0 Å². The van der Waals surface area contributed by atoms with Gasteiger partial charge in [-0.25, -0.2) is 9.59 Å². The number of cyclic esters (lactones) is 1. The number of aliphatic hydroxyl groups is 2. The van der Waals surface area contributed by atoms with Crippen LogP contribution in [0.1, 0.15) is 52.4 Å². The van der Waals surface area contributed by atoms with Gasteiger partial charge in [-0.2, -0.15) is 0 Å². The number of ether oxygens (including phenoxy) is 2. The fraction of sp³-hybridized carbons (Fsp3) is 0.600. The third-order valence-electron chi connectivity index (χ3n) is 4.08. The lowest BCUT2D eigenvalue weighted by atomic mass is 10.00. The van der Waals surface area contributed by atoms with Crippen LogP contribution in [0.3, 0.4) is 0 Å². The second-order valence-corrected chi connectivity index (χ2v) is 6.27. The molecule has 0 unspecified atom stereocenters. The topological polar surface area (TPSA) is 93.1 Å². The van der Waals surface area contributed by atoms with E-state index in [2.05, 4.69) is 0 Å². The standard InChI is InChI=1S/C20H30O6/c1-3-5-7-12-16-19(23)15(21)11-9-10-13-17(20(24)26-16)25-18(22)14-8-6-4-2/h4,6,8-9,11,14-17,19,21,23H,3,5,7,10,12-13H2,1-2H3/b6-4+,11-9?,14-8+/t15-,16+,17-,19-/m0/s1. The molecule has 0 bridgehead atoms. The number of allylic oxidation sites excluding steroid dienone is 4. The lowest BCUT2D eigenvalue weighted by molar-refractivity contribution is -0.177. The maximum absolute atomic E-state index is 12.4. The number of rotatable bonds is 7. The molecule has 1 aliphatic rings. The van der Waals surface area contributed by atoms with Gasteiger partial charge in [0.15, 0.2) is 6.10 Å². The molecule has 0 aromatic carbocycles. The molecule has 2 N–H and O–H groups in total. The van der Waals surface area contributed by atoms with E-state index in [9.17, 15) is 19.8 Å². The first-order valence-electron chi connectivity index (χ1n) is 9.22. The fourth-order valence-electron chi connectivity index (χ4n) is 2.59. The minimum Gasteiger partial charge on any atom is -0.457 e. The molecule has 1 aliphatic heterocycles. The van der Waals surface area contributed by atoms with Crippen molar-refractivity contribution in [3.05, 3.63) is 36.5 Å². The lowest BCUT2D eigenvalue weighted by Crippen LogP contribution is -2.42. The van der Waals surface area contributed by atoms with E-state index >= 15 is 0 Å². The van der Waals surface area contributed by atoms with E-state index in [1.807, 2.05) is 13.8 Å². The predicted molar refractivity (Wildman–Crippen MR) is 98.2 cm³/mol. The fourth-order valence-corrected chi connectivity index (χ4v) is 2.59. The van der Waals surface area contributed by atoms with Crippen molar-refractivity contribution < 1.29 is 29.3 Å². The Bertz CT molecular complexity index is 522. The summed E-state index contributed by atoms with van der Waals surface area (Å²) in [6, 6.07) is 0. The average molecular weight is 366 g/mol. The molecule has 1 rings (SSSR count). The van der Waals surface area contributed by atoms with Crippen LogP contribution in [0.2, 0.25) is 0 Å². The van der Waals surface area contributed by atoms with E-state index < -0.39 is 36.4 Å². The van der Waals surface area contributed by atoms with Crippen molar-refractivity contribution in [1.29, 1.82) is 0 Å². The Kier molecular flexibility index (Phi) is 10.6. The summed E-state index contributed by atoms with van der Waals surface area (Å²) in [5.41, 5.74) is 0. The summed E-state index contributed by atoms with van der Waals surface area (Å²) in [6.45, 7) is 3.86. The largest absolute Gasteiger partial charge is 0.457 e. The molecular formula is C20H30O6. The van der Waals surface area contributed by atoms with Crippen LogP contribution in [0, 0.1) is 0 Å². The number of hydrogen-bond acceptors (Lipinski definition) is 6. The van der Waals surface area contributed by atoms with Crippen molar-refractivity contribution in [2.24, 2.45) is 0 Å². The van der Waals surface area contributed by atoms with Crippen LogP contribution in [-0.4, -0.2) is 46.6 Å². The highest BCUT2D eigenvalue weighted by atomic mass is 16.6. The first kappa shape index (κ1) is 22.1. The van der Waals surface area contributed by atoms with E-state index in [4.69, 9.17) is 9.47 Å². The first-order valence-corrected chi connectivity index (χ1v) is 9.22. The predicted octanol–water partition coefficient (Wildman–Crippen LogP) is 2.59. The normalized spacial score (nSPS) is 27.6. The molecule has 0 aromatic heterocycles. The number of carbonyl (C=O) groups is 2. The third-order valence-corrected chi connectivity index (χ3v) is 4.08. The molecule has 6 nitrogen and oxygen atoms in total. The summed E-state index contributed by atoms with van der Waals surface area (Å²) in [5.74, 6) is -1.32. The zero-order valence-electron chi connectivity index (χ0n) is 15.5. The Balaban J connectivity index is 2.83. The highest BCUT2D eigenvalue weighted by Crippen LogP contribution is 2.19. The van der Waals surface area contributed by atoms with E-state index in [0.29, 0.717) is 12.8 Å². The smallest absolute Gasteiger partial charge is 0.347 e. The average Bonchev–Trinajstić information content (AvgIpc) is 2.62. The molecule has 0 fully saturated rings. The van der Waals surface area contributed by atoms with E-state index in [1.54, 1.807) is 18.2 Å². The number of esters is 2. The quantitative estimate of drug-likeness (QED) is 0.236. The Morgan fingerprint density at radius 1 is 1.35 bits per heavy atom. The lowest BCUT2D eigenvalue weighted by Gasteiger charge is -2.28. The highest BCUT2D eigenvalue weighted by molar-refractivity contribution is 5.85. The maximum atomic E-state index is 12.4. The van der Waals surface area contributed by atoms with Crippen molar-refractivity contribution in [1.82, 2.24) is 0 Å². The molecule has 0 spiro atoms. The SMILES string of the molecule is C/C=C/C=C/C(=O)O[C@H]1CCC=C[C@H](O)[C@H](O)[C@@H](CCCCC)OC1=O. The summed E-state index contributed by atoms with van der Waals surface area (Å²) in [7, 11) is 0. The summed E-state index contributed by atoms with van der Waals surface area (Å²) < 4.78 is 10.6. The van der Waals surface area contributed by atoms with Crippen molar-refractivity contribution >= 4 is 11.9 Å². The van der Waals surface area contributed by atoms with Crippen LogP contribution in [-0.2, 0) is 19.1 Å². The molecule has 0 amide bonds. The number of unbranched alkanes of at least 4 members (excludes halogenated alkanes) is 2. The molecule has 0 saturated carbocycles. The number of hydrogen-bond donors (Lipinski definition) is 2. The van der Waals surface area contributed by atoms with Crippen LogP contribution >= 0.6 is 0 Å². The van der Waals surface area contributed by atoms with Crippen LogP contribution in [0.4, 0.5) is 0 Å².